The topological polar surface area (TPSA) is 68.3 Å². The Morgan fingerprint density at radius 1 is 1.17 bits per heavy atom. The molecule has 4 nitrogen and oxygen atoms in total. The van der Waals surface area contributed by atoms with Crippen molar-refractivity contribution >= 4 is 11.7 Å². The quantitative estimate of drug-likeness (QED) is 0.807. The first-order valence-corrected chi connectivity index (χ1v) is 7.39. The summed E-state index contributed by atoms with van der Waals surface area (Å²) in [5.41, 5.74) is 5.73. The second-order valence-corrected chi connectivity index (χ2v) is 5.96. The van der Waals surface area contributed by atoms with Crippen LogP contribution in [-0.2, 0) is 22.8 Å². The van der Waals surface area contributed by atoms with Crippen LogP contribution < -0.4 is 5.73 Å². The number of aryl methyl sites for hydroxylation is 1. The molecular formula is C17H12F3N3O. The van der Waals surface area contributed by atoms with E-state index in [-0.39, 0.29) is 11.4 Å². The fourth-order valence-corrected chi connectivity index (χ4v) is 3.65. The number of carbonyl (C=O) groups excluding carboxylic acids is 1. The van der Waals surface area contributed by atoms with Gasteiger partial charge in [-0.3, -0.25) is 9.78 Å². The van der Waals surface area contributed by atoms with Gasteiger partial charge in [-0.05, 0) is 42.2 Å². The van der Waals surface area contributed by atoms with Gasteiger partial charge in [0.25, 0.3) is 5.91 Å². The Bertz CT molecular complexity index is 904. The molecule has 1 aliphatic heterocycles. The van der Waals surface area contributed by atoms with Gasteiger partial charge in [0.1, 0.15) is 11.3 Å². The van der Waals surface area contributed by atoms with Crippen molar-refractivity contribution in [3.63, 3.8) is 0 Å². The predicted molar refractivity (Wildman–Crippen MR) is 80.5 cm³/mol. The van der Waals surface area contributed by atoms with Gasteiger partial charge in [-0.1, -0.05) is 12.1 Å². The van der Waals surface area contributed by atoms with Gasteiger partial charge in [-0.15, -0.1) is 0 Å². The third kappa shape index (κ3) is 1.84. The van der Waals surface area contributed by atoms with Gasteiger partial charge in [0.15, 0.2) is 0 Å². The Balaban J connectivity index is 2.04. The van der Waals surface area contributed by atoms with Crippen molar-refractivity contribution in [2.24, 2.45) is 10.7 Å². The first-order valence-electron chi connectivity index (χ1n) is 7.39. The molecular weight excluding hydrogens is 319 g/mol. The molecule has 2 heterocycles. The molecule has 2 aliphatic rings. The summed E-state index contributed by atoms with van der Waals surface area (Å²) in [7, 11) is 0. The summed E-state index contributed by atoms with van der Waals surface area (Å²) in [5.74, 6) is -0.578. The molecule has 1 spiro atoms. The first-order chi connectivity index (χ1) is 11.3. The van der Waals surface area contributed by atoms with E-state index in [1.807, 2.05) is 0 Å². The second-order valence-electron chi connectivity index (χ2n) is 5.96. The van der Waals surface area contributed by atoms with E-state index in [0.29, 0.717) is 29.7 Å². The Kier molecular flexibility index (Phi) is 2.88. The molecule has 0 saturated heterocycles. The average molecular weight is 331 g/mol. The maximum absolute atomic E-state index is 13.2. The smallest absolute Gasteiger partial charge is 0.383 e. The lowest BCUT2D eigenvalue weighted by atomic mass is 9.71. The second kappa shape index (κ2) is 4.66. The SMILES string of the molecule is NC1=NC(=O)C2(CCc3ncccc32)c2cc(C(F)(F)F)ccc21. The molecule has 7 heteroatoms. The Morgan fingerprint density at radius 3 is 2.71 bits per heavy atom. The average Bonchev–Trinajstić information content (AvgIpc) is 2.92. The summed E-state index contributed by atoms with van der Waals surface area (Å²) in [4.78, 5) is 20.9. The number of benzene rings is 1. The molecule has 0 radical (unpaired) electrons. The van der Waals surface area contributed by atoms with E-state index < -0.39 is 23.1 Å². The Morgan fingerprint density at radius 2 is 1.96 bits per heavy atom. The van der Waals surface area contributed by atoms with Crippen LogP contribution in [-0.4, -0.2) is 16.7 Å². The molecule has 1 aromatic carbocycles. The molecule has 122 valence electrons. The number of fused-ring (bicyclic) bond motifs is 4. The fourth-order valence-electron chi connectivity index (χ4n) is 3.65. The normalized spacial score (nSPS) is 22.3. The molecule has 1 aromatic heterocycles. The lowest BCUT2D eigenvalue weighted by molar-refractivity contribution is -0.137. The van der Waals surface area contributed by atoms with Crippen LogP contribution in [0.2, 0.25) is 0 Å². The zero-order chi connectivity index (χ0) is 17.1. The van der Waals surface area contributed by atoms with Gasteiger partial charge in [0.05, 0.1) is 5.56 Å². The number of hydrogen-bond acceptors (Lipinski definition) is 3. The summed E-state index contributed by atoms with van der Waals surface area (Å²) in [6.07, 6.45) is -2.05. The highest BCUT2D eigenvalue weighted by molar-refractivity contribution is 6.13. The largest absolute Gasteiger partial charge is 0.416 e. The summed E-state index contributed by atoms with van der Waals surface area (Å²) in [6.45, 7) is 0. The van der Waals surface area contributed by atoms with Crippen LogP contribution in [0.25, 0.3) is 0 Å². The number of nitrogens with zero attached hydrogens (tertiary/aromatic N) is 2. The highest BCUT2D eigenvalue weighted by atomic mass is 19.4. The van der Waals surface area contributed by atoms with Crippen LogP contribution in [0.1, 0.15) is 34.4 Å². The number of halogens is 3. The van der Waals surface area contributed by atoms with Crippen LogP contribution >= 0.6 is 0 Å². The molecule has 2 aromatic rings. The molecule has 0 bridgehead atoms. The molecule has 24 heavy (non-hydrogen) atoms. The zero-order valence-corrected chi connectivity index (χ0v) is 12.4. The van der Waals surface area contributed by atoms with Crippen LogP contribution in [0.3, 0.4) is 0 Å². The molecule has 1 unspecified atom stereocenters. The fraction of sp³-hybridized carbons (Fsp3) is 0.235. The minimum atomic E-state index is -4.50. The summed E-state index contributed by atoms with van der Waals surface area (Å²) in [5, 5.41) is 0. The lowest BCUT2D eigenvalue weighted by Crippen LogP contribution is -2.41. The van der Waals surface area contributed by atoms with E-state index in [0.717, 1.165) is 12.1 Å². The number of carbonyl (C=O) groups is 1. The predicted octanol–water partition coefficient (Wildman–Crippen LogP) is 2.58. The van der Waals surface area contributed by atoms with E-state index in [9.17, 15) is 18.0 Å². The van der Waals surface area contributed by atoms with E-state index in [2.05, 4.69) is 9.98 Å². The van der Waals surface area contributed by atoms with Gasteiger partial charge in [-0.2, -0.15) is 18.2 Å². The highest BCUT2D eigenvalue weighted by Crippen LogP contribution is 2.48. The number of pyridine rings is 1. The first kappa shape index (κ1) is 14.9. The van der Waals surface area contributed by atoms with E-state index in [1.165, 1.54) is 6.07 Å². The molecule has 4 rings (SSSR count). The van der Waals surface area contributed by atoms with Gasteiger partial charge in [0, 0.05) is 17.5 Å². The van der Waals surface area contributed by atoms with Crippen molar-refractivity contribution < 1.29 is 18.0 Å². The number of aliphatic imine (C=N–C) groups is 1. The van der Waals surface area contributed by atoms with Crippen LogP contribution in [0, 0.1) is 0 Å². The van der Waals surface area contributed by atoms with E-state index >= 15 is 0 Å². The van der Waals surface area contributed by atoms with E-state index in [1.54, 1.807) is 18.3 Å². The minimum absolute atomic E-state index is 0.0494. The number of rotatable bonds is 0. The third-order valence-corrected chi connectivity index (χ3v) is 4.76. The number of hydrogen-bond donors (Lipinski definition) is 1. The molecule has 2 N–H and O–H groups in total. The van der Waals surface area contributed by atoms with Gasteiger partial charge in [0.2, 0.25) is 0 Å². The van der Waals surface area contributed by atoms with Crippen molar-refractivity contribution in [2.75, 3.05) is 0 Å². The number of amides is 1. The number of alkyl halides is 3. The number of nitrogens with two attached hydrogens (primary N) is 1. The highest BCUT2D eigenvalue weighted by Gasteiger charge is 2.51. The molecule has 1 atom stereocenters. The van der Waals surface area contributed by atoms with E-state index in [4.69, 9.17) is 5.73 Å². The van der Waals surface area contributed by atoms with Gasteiger partial charge in [-0.25, -0.2) is 0 Å². The van der Waals surface area contributed by atoms with Crippen molar-refractivity contribution in [3.05, 3.63) is 64.5 Å². The number of amidine groups is 1. The molecule has 1 amide bonds. The van der Waals surface area contributed by atoms with Crippen molar-refractivity contribution in [1.82, 2.24) is 4.98 Å². The van der Waals surface area contributed by atoms with Gasteiger partial charge < -0.3 is 5.73 Å². The molecule has 0 fully saturated rings. The minimum Gasteiger partial charge on any atom is -0.383 e. The monoisotopic (exact) mass is 331 g/mol. The van der Waals surface area contributed by atoms with Crippen molar-refractivity contribution in [1.29, 1.82) is 0 Å². The van der Waals surface area contributed by atoms with Gasteiger partial charge >= 0.3 is 6.18 Å². The number of aromatic nitrogens is 1. The maximum Gasteiger partial charge on any atom is 0.416 e. The van der Waals surface area contributed by atoms with Crippen LogP contribution in [0.15, 0.2) is 41.5 Å². The summed E-state index contributed by atoms with van der Waals surface area (Å²) < 4.78 is 39.5. The third-order valence-electron chi connectivity index (χ3n) is 4.76. The van der Waals surface area contributed by atoms with Crippen molar-refractivity contribution in [2.45, 2.75) is 24.4 Å². The van der Waals surface area contributed by atoms with Crippen molar-refractivity contribution in [3.8, 4) is 0 Å². The summed E-state index contributed by atoms with van der Waals surface area (Å²) in [6, 6.07) is 6.68. The Labute approximate surface area is 135 Å². The maximum atomic E-state index is 13.2. The summed E-state index contributed by atoms with van der Waals surface area (Å²) >= 11 is 0. The van der Waals surface area contributed by atoms with Crippen LogP contribution in [0.5, 0.6) is 0 Å². The molecule has 0 saturated carbocycles. The lowest BCUT2D eigenvalue weighted by Gasteiger charge is -2.33. The zero-order valence-electron chi connectivity index (χ0n) is 12.4. The Hall–Kier alpha value is -2.70. The molecule has 1 aliphatic carbocycles. The standard InChI is InChI=1S/C17H12F3N3O/c18-17(19,20)9-3-4-10-12(8-9)16(15(24)23-14(10)21)6-5-13-11(16)2-1-7-22-13/h1-4,7-8H,5-6H2,(H2,21,23,24). The van der Waals surface area contributed by atoms with Crippen LogP contribution in [0.4, 0.5) is 13.2 Å².